The maximum Gasteiger partial charge on any atom is 0.233 e. The lowest BCUT2D eigenvalue weighted by Gasteiger charge is -2.03. The number of amides is 1. The van der Waals surface area contributed by atoms with Crippen molar-refractivity contribution in [3.05, 3.63) is 0 Å². The van der Waals surface area contributed by atoms with Gasteiger partial charge in [-0.3, -0.25) is 4.79 Å². The average Bonchev–Trinajstić information content (AvgIpc) is 2.04. The van der Waals surface area contributed by atoms with Crippen LogP contribution in [0.1, 0.15) is 13.3 Å². The van der Waals surface area contributed by atoms with Crippen LogP contribution in [0.4, 0.5) is 0 Å². The third kappa shape index (κ3) is 7.29. The van der Waals surface area contributed by atoms with Gasteiger partial charge in [0, 0.05) is 13.2 Å². The minimum atomic E-state index is -0.134. The SMILES string of the molecule is CCCOCCNC(=O)CN. The zero-order valence-corrected chi connectivity index (χ0v) is 6.93. The Bertz CT molecular complexity index is 107. The highest BCUT2D eigenvalue weighted by Gasteiger charge is 1.93. The summed E-state index contributed by atoms with van der Waals surface area (Å²) in [5, 5.41) is 2.60. The molecule has 0 atom stereocenters. The summed E-state index contributed by atoms with van der Waals surface area (Å²) in [6.07, 6.45) is 1.00. The van der Waals surface area contributed by atoms with Gasteiger partial charge in [-0.15, -0.1) is 0 Å². The van der Waals surface area contributed by atoms with Crippen molar-refractivity contribution in [3.8, 4) is 0 Å². The molecule has 0 aromatic rings. The first-order valence-corrected chi connectivity index (χ1v) is 3.85. The van der Waals surface area contributed by atoms with Gasteiger partial charge in [-0.1, -0.05) is 6.92 Å². The van der Waals surface area contributed by atoms with Gasteiger partial charge in [-0.05, 0) is 6.42 Å². The van der Waals surface area contributed by atoms with Crippen molar-refractivity contribution in [3.63, 3.8) is 0 Å². The highest BCUT2D eigenvalue weighted by Crippen LogP contribution is 1.77. The van der Waals surface area contributed by atoms with Gasteiger partial charge in [0.25, 0.3) is 0 Å². The molecule has 0 radical (unpaired) electrons. The number of nitrogens with two attached hydrogens (primary N) is 1. The lowest BCUT2D eigenvalue weighted by Crippen LogP contribution is -2.32. The number of hydrogen-bond acceptors (Lipinski definition) is 3. The molecule has 0 fully saturated rings. The summed E-state index contributed by atoms with van der Waals surface area (Å²) in [5.41, 5.74) is 5.06. The monoisotopic (exact) mass is 160 g/mol. The van der Waals surface area contributed by atoms with E-state index in [0.717, 1.165) is 13.0 Å². The van der Waals surface area contributed by atoms with E-state index in [9.17, 15) is 4.79 Å². The van der Waals surface area contributed by atoms with Gasteiger partial charge in [0.1, 0.15) is 0 Å². The van der Waals surface area contributed by atoms with Crippen LogP contribution in [-0.2, 0) is 9.53 Å². The molecule has 0 aliphatic rings. The fourth-order valence-corrected chi connectivity index (χ4v) is 0.581. The molecule has 0 saturated heterocycles. The van der Waals surface area contributed by atoms with E-state index >= 15 is 0 Å². The predicted molar refractivity (Wildman–Crippen MR) is 43.2 cm³/mol. The van der Waals surface area contributed by atoms with Crippen molar-refractivity contribution in [1.82, 2.24) is 5.32 Å². The van der Waals surface area contributed by atoms with E-state index in [0.29, 0.717) is 13.2 Å². The van der Waals surface area contributed by atoms with E-state index in [-0.39, 0.29) is 12.5 Å². The molecule has 4 heteroatoms. The third-order valence-corrected chi connectivity index (χ3v) is 1.10. The number of carbonyl (C=O) groups is 1. The van der Waals surface area contributed by atoms with Crippen LogP contribution in [0.3, 0.4) is 0 Å². The van der Waals surface area contributed by atoms with Gasteiger partial charge < -0.3 is 15.8 Å². The zero-order chi connectivity index (χ0) is 8.53. The van der Waals surface area contributed by atoms with Gasteiger partial charge in [0.2, 0.25) is 5.91 Å². The van der Waals surface area contributed by atoms with Crippen LogP contribution in [0.5, 0.6) is 0 Å². The van der Waals surface area contributed by atoms with Crippen molar-refractivity contribution >= 4 is 5.91 Å². The molecular weight excluding hydrogens is 144 g/mol. The molecule has 66 valence electrons. The van der Waals surface area contributed by atoms with Crippen LogP contribution < -0.4 is 11.1 Å². The summed E-state index contributed by atoms with van der Waals surface area (Å²) in [7, 11) is 0. The molecule has 11 heavy (non-hydrogen) atoms. The smallest absolute Gasteiger partial charge is 0.233 e. The fraction of sp³-hybridized carbons (Fsp3) is 0.857. The number of nitrogens with one attached hydrogen (secondary N) is 1. The van der Waals surface area contributed by atoms with Crippen molar-refractivity contribution in [2.75, 3.05) is 26.3 Å². The number of hydrogen-bond donors (Lipinski definition) is 2. The van der Waals surface area contributed by atoms with Gasteiger partial charge in [-0.25, -0.2) is 0 Å². The highest BCUT2D eigenvalue weighted by atomic mass is 16.5. The molecule has 0 aliphatic heterocycles. The molecule has 1 amide bonds. The molecule has 0 saturated carbocycles. The second-order valence-electron chi connectivity index (χ2n) is 2.17. The molecule has 0 aromatic carbocycles. The minimum Gasteiger partial charge on any atom is -0.380 e. The first kappa shape index (κ1) is 10.4. The Morgan fingerprint density at radius 2 is 2.27 bits per heavy atom. The molecule has 0 spiro atoms. The van der Waals surface area contributed by atoms with Gasteiger partial charge in [0.05, 0.1) is 13.2 Å². The summed E-state index contributed by atoms with van der Waals surface area (Å²) in [6, 6.07) is 0. The second kappa shape index (κ2) is 7.50. The Hall–Kier alpha value is -0.610. The summed E-state index contributed by atoms with van der Waals surface area (Å²) in [4.78, 5) is 10.6. The fourth-order valence-electron chi connectivity index (χ4n) is 0.581. The van der Waals surface area contributed by atoms with Crippen molar-refractivity contribution in [2.24, 2.45) is 5.73 Å². The van der Waals surface area contributed by atoms with Crippen molar-refractivity contribution in [1.29, 1.82) is 0 Å². The second-order valence-corrected chi connectivity index (χ2v) is 2.17. The highest BCUT2D eigenvalue weighted by molar-refractivity contribution is 5.77. The standard InChI is InChI=1S/C7H16N2O2/c1-2-4-11-5-3-9-7(10)6-8/h2-6,8H2,1H3,(H,9,10). The van der Waals surface area contributed by atoms with Crippen LogP contribution >= 0.6 is 0 Å². The van der Waals surface area contributed by atoms with E-state index in [4.69, 9.17) is 10.5 Å². The van der Waals surface area contributed by atoms with E-state index in [1.54, 1.807) is 0 Å². The Labute approximate surface area is 67.1 Å². The van der Waals surface area contributed by atoms with Crippen molar-refractivity contribution in [2.45, 2.75) is 13.3 Å². The molecule has 0 aliphatic carbocycles. The minimum absolute atomic E-state index is 0.0494. The van der Waals surface area contributed by atoms with Gasteiger partial charge >= 0.3 is 0 Å². The van der Waals surface area contributed by atoms with Crippen LogP contribution in [0.15, 0.2) is 0 Å². The largest absolute Gasteiger partial charge is 0.380 e. The first-order chi connectivity index (χ1) is 5.31. The Balaban J connectivity index is 2.95. The topological polar surface area (TPSA) is 64.3 Å². The summed E-state index contributed by atoms with van der Waals surface area (Å²) in [5.74, 6) is -0.134. The molecule has 3 N–H and O–H groups in total. The zero-order valence-electron chi connectivity index (χ0n) is 6.93. The molecule has 0 unspecified atom stereocenters. The van der Waals surface area contributed by atoms with Crippen molar-refractivity contribution < 1.29 is 9.53 Å². The third-order valence-electron chi connectivity index (χ3n) is 1.10. The summed E-state index contributed by atoms with van der Waals surface area (Å²) in [6.45, 7) is 3.96. The predicted octanol–water partition coefficient (Wildman–Crippen LogP) is -0.512. The number of rotatable bonds is 6. The van der Waals surface area contributed by atoms with Crippen LogP contribution in [0.25, 0.3) is 0 Å². The van der Waals surface area contributed by atoms with Gasteiger partial charge in [0.15, 0.2) is 0 Å². The molecule has 0 heterocycles. The Kier molecular flexibility index (Phi) is 7.08. The lowest BCUT2D eigenvalue weighted by atomic mass is 10.5. The van der Waals surface area contributed by atoms with Crippen LogP contribution in [0.2, 0.25) is 0 Å². The maximum absolute atomic E-state index is 10.6. The quantitative estimate of drug-likeness (QED) is 0.514. The molecule has 0 bridgehead atoms. The number of ether oxygens (including phenoxy) is 1. The summed E-state index contributed by atoms with van der Waals surface area (Å²) < 4.78 is 5.12. The Morgan fingerprint density at radius 3 is 2.82 bits per heavy atom. The Morgan fingerprint density at radius 1 is 1.55 bits per heavy atom. The van der Waals surface area contributed by atoms with E-state index in [2.05, 4.69) is 5.32 Å². The van der Waals surface area contributed by atoms with E-state index in [1.165, 1.54) is 0 Å². The molecule has 0 aromatic heterocycles. The number of carbonyl (C=O) groups excluding carboxylic acids is 1. The van der Waals surface area contributed by atoms with Crippen LogP contribution in [0, 0.1) is 0 Å². The molecule has 0 rings (SSSR count). The average molecular weight is 160 g/mol. The normalized spacial score (nSPS) is 9.64. The van der Waals surface area contributed by atoms with E-state index < -0.39 is 0 Å². The molecule has 4 nitrogen and oxygen atoms in total. The maximum atomic E-state index is 10.6. The van der Waals surface area contributed by atoms with Crippen LogP contribution in [-0.4, -0.2) is 32.2 Å². The lowest BCUT2D eigenvalue weighted by molar-refractivity contribution is -0.119. The van der Waals surface area contributed by atoms with Gasteiger partial charge in [-0.2, -0.15) is 0 Å². The van der Waals surface area contributed by atoms with E-state index in [1.807, 2.05) is 6.92 Å². The summed E-state index contributed by atoms with van der Waals surface area (Å²) >= 11 is 0. The molecular formula is C7H16N2O2. The first-order valence-electron chi connectivity index (χ1n) is 3.85.